The van der Waals surface area contributed by atoms with Gasteiger partial charge < -0.3 is 4.74 Å². The zero-order valence-electron chi connectivity index (χ0n) is 12.7. The Bertz CT molecular complexity index is 905. The van der Waals surface area contributed by atoms with Crippen molar-refractivity contribution in [3.8, 4) is 17.1 Å². The average Bonchev–Trinajstić information content (AvgIpc) is 2.90. The van der Waals surface area contributed by atoms with Gasteiger partial charge in [-0.05, 0) is 30.7 Å². The maximum absolute atomic E-state index is 5.57. The van der Waals surface area contributed by atoms with E-state index >= 15 is 0 Å². The summed E-state index contributed by atoms with van der Waals surface area (Å²) in [6.45, 7) is 2.08. The van der Waals surface area contributed by atoms with Crippen molar-refractivity contribution in [1.82, 2.24) is 14.8 Å². The molecule has 4 nitrogen and oxygen atoms in total. The molecule has 2 heterocycles. The molecule has 112 valence electrons. The highest BCUT2D eigenvalue weighted by atomic mass is 16.5. The zero-order chi connectivity index (χ0) is 15.6. The highest BCUT2D eigenvalue weighted by Gasteiger charge is 2.15. The number of nitrogens with zero attached hydrogens (tertiary/aromatic N) is 3. The summed E-state index contributed by atoms with van der Waals surface area (Å²) in [5.41, 5.74) is 3.30. The lowest BCUT2D eigenvalue weighted by molar-refractivity contribution is 0.487. The molecule has 0 bridgehead atoms. The molecule has 1 aromatic heterocycles. The third-order valence-corrected chi connectivity index (χ3v) is 3.67. The van der Waals surface area contributed by atoms with Crippen LogP contribution in [0, 0.1) is 6.92 Å². The van der Waals surface area contributed by atoms with Crippen molar-refractivity contribution < 1.29 is 4.74 Å². The molecule has 0 unspecified atom stereocenters. The van der Waals surface area contributed by atoms with Gasteiger partial charge in [0.25, 0.3) is 0 Å². The van der Waals surface area contributed by atoms with Crippen LogP contribution >= 0.6 is 0 Å². The molecule has 0 saturated heterocycles. The molecule has 0 amide bonds. The highest BCUT2D eigenvalue weighted by molar-refractivity contribution is 5.71. The molecule has 23 heavy (non-hydrogen) atoms. The SMILES string of the molecule is Cc1ccc(/C=C/c2nc3n(n2)C=COc2ccccc2-3)cc1. The fourth-order valence-corrected chi connectivity index (χ4v) is 2.46. The summed E-state index contributed by atoms with van der Waals surface area (Å²) < 4.78 is 7.31. The fraction of sp³-hybridized carbons (Fsp3) is 0.0526. The number of hydrogen-bond donors (Lipinski definition) is 0. The molecule has 1 aliphatic rings. The molecular weight excluding hydrogens is 286 g/mol. The third kappa shape index (κ3) is 2.66. The summed E-state index contributed by atoms with van der Waals surface area (Å²) in [6.07, 6.45) is 7.33. The molecule has 0 radical (unpaired) electrons. The van der Waals surface area contributed by atoms with E-state index < -0.39 is 0 Å². The largest absolute Gasteiger partial charge is 0.463 e. The monoisotopic (exact) mass is 301 g/mol. The van der Waals surface area contributed by atoms with Crippen molar-refractivity contribution in [3.63, 3.8) is 0 Å². The summed E-state index contributed by atoms with van der Waals surface area (Å²) >= 11 is 0. The third-order valence-electron chi connectivity index (χ3n) is 3.67. The molecule has 4 heteroatoms. The first kappa shape index (κ1) is 13.5. The summed E-state index contributed by atoms with van der Waals surface area (Å²) in [4.78, 5) is 4.62. The van der Waals surface area contributed by atoms with Gasteiger partial charge in [-0.2, -0.15) is 0 Å². The van der Waals surface area contributed by atoms with Crippen LogP contribution in [0.3, 0.4) is 0 Å². The number of hydrogen-bond acceptors (Lipinski definition) is 3. The van der Waals surface area contributed by atoms with E-state index in [1.165, 1.54) is 5.56 Å². The molecule has 4 rings (SSSR count). The fourth-order valence-electron chi connectivity index (χ4n) is 2.46. The molecule has 0 saturated carbocycles. The number of aromatic nitrogens is 3. The predicted octanol–water partition coefficient (Wildman–Crippen LogP) is 4.24. The number of para-hydroxylation sites is 1. The van der Waals surface area contributed by atoms with E-state index in [9.17, 15) is 0 Å². The average molecular weight is 301 g/mol. The van der Waals surface area contributed by atoms with Crippen LogP contribution in [0.15, 0.2) is 54.8 Å². The van der Waals surface area contributed by atoms with Gasteiger partial charge in [0.15, 0.2) is 11.6 Å². The predicted molar refractivity (Wildman–Crippen MR) is 91.5 cm³/mol. The minimum atomic E-state index is 0.668. The number of fused-ring (bicyclic) bond motifs is 3. The van der Waals surface area contributed by atoms with Gasteiger partial charge in [0.1, 0.15) is 12.0 Å². The Morgan fingerprint density at radius 3 is 2.70 bits per heavy atom. The maximum atomic E-state index is 5.57. The van der Waals surface area contributed by atoms with E-state index in [-0.39, 0.29) is 0 Å². The lowest BCUT2D eigenvalue weighted by atomic mass is 10.1. The molecular formula is C19H15N3O. The van der Waals surface area contributed by atoms with Crippen LogP contribution in [-0.2, 0) is 0 Å². The molecule has 0 N–H and O–H groups in total. The van der Waals surface area contributed by atoms with E-state index in [0.717, 1.165) is 22.7 Å². The van der Waals surface area contributed by atoms with Gasteiger partial charge in [-0.1, -0.05) is 48.0 Å². The van der Waals surface area contributed by atoms with Crippen LogP contribution in [0.5, 0.6) is 5.75 Å². The second-order valence-corrected chi connectivity index (χ2v) is 5.38. The molecule has 0 spiro atoms. The van der Waals surface area contributed by atoms with E-state index in [1.807, 2.05) is 36.4 Å². The smallest absolute Gasteiger partial charge is 0.175 e. The molecule has 0 aliphatic carbocycles. The van der Waals surface area contributed by atoms with Gasteiger partial charge in [0, 0.05) is 0 Å². The van der Waals surface area contributed by atoms with Crippen molar-refractivity contribution in [2.45, 2.75) is 6.92 Å². The van der Waals surface area contributed by atoms with Gasteiger partial charge in [-0.15, -0.1) is 5.10 Å². The number of aryl methyl sites for hydroxylation is 1. The Balaban J connectivity index is 1.70. The maximum Gasteiger partial charge on any atom is 0.175 e. The number of benzene rings is 2. The van der Waals surface area contributed by atoms with Gasteiger partial charge in [0.2, 0.25) is 0 Å². The van der Waals surface area contributed by atoms with Crippen LogP contribution in [0.25, 0.3) is 29.7 Å². The first-order chi connectivity index (χ1) is 11.3. The van der Waals surface area contributed by atoms with Crippen molar-refractivity contribution in [3.05, 3.63) is 71.7 Å². The van der Waals surface area contributed by atoms with Gasteiger partial charge in [0.05, 0.1) is 11.8 Å². The van der Waals surface area contributed by atoms with Crippen LogP contribution < -0.4 is 4.74 Å². The van der Waals surface area contributed by atoms with Crippen LogP contribution in [-0.4, -0.2) is 14.8 Å². The number of rotatable bonds is 2. The van der Waals surface area contributed by atoms with Crippen molar-refractivity contribution in [2.24, 2.45) is 0 Å². The Morgan fingerprint density at radius 2 is 1.83 bits per heavy atom. The van der Waals surface area contributed by atoms with Gasteiger partial charge >= 0.3 is 0 Å². The summed E-state index contributed by atoms with van der Waals surface area (Å²) in [5.74, 6) is 2.23. The van der Waals surface area contributed by atoms with E-state index in [1.54, 1.807) is 17.1 Å². The first-order valence-electron chi connectivity index (χ1n) is 7.44. The zero-order valence-corrected chi connectivity index (χ0v) is 12.7. The van der Waals surface area contributed by atoms with Gasteiger partial charge in [-0.25, -0.2) is 9.67 Å². The van der Waals surface area contributed by atoms with E-state index in [2.05, 4.69) is 41.3 Å². The summed E-state index contributed by atoms with van der Waals surface area (Å²) in [5, 5.41) is 4.49. The Kier molecular flexibility index (Phi) is 3.27. The van der Waals surface area contributed by atoms with E-state index in [0.29, 0.717) is 5.82 Å². The van der Waals surface area contributed by atoms with Crippen LogP contribution in [0.1, 0.15) is 17.0 Å². The standard InChI is InChI=1S/C19H15N3O/c1-14-6-8-15(9-7-14)10-11-18-20-19-16-4-2-3-5-17(16)23-13-12-22(19)21-18/h2-13H,1H3/b11-10+. The topological polar surface area (TPSA) is 39.9 Å². The minimum Gasteiger partial charge on any atom is -0.463 e. The normalized spacial score (nSPS) is 12.6. The summed E-state index contributed by atoms with van der Waals surface area (Å²) in [6, 6.07) is 16.1. The Morgan fingerprint density at radius 1 is 1.00 bits per heavy atom. The van der Waals surface area contributed by atoms with Crippen molar-refractivity contribution in [1.29, 1.82) is 0 Å². The number of ether oxygens (including phenoxy) is 1. The quantitative estimate of drug-likeness (QED) is 0.710. The molecule has 0 atom stereocenters. The minimum absolute atomic E-state index is 0.668. The van der Waals surface area contributed by atoms with Gasteiger partial charge in [-0.3, -0.25) is 0 Å². The molecule has 2 aromatic carbocycles. The van der Waals surface area contributed by atoms with Crippen molar-refractivity contribution in [2.75, 3.05) is 0 Å². The molecule has 3 aromatic rings. The Hall–Kier alpha value is -3.14. The van der Waals surface area contributed by atoms with Crippen LogP contribution in [0.2, 0.25) is 0 Å². The summed E-state index contributed by atoms with van der Waals surface area (Å²) in [7, 11) is 0. The lowest BCUT2D eigenvalue weighted by Gasteiger charge is -2.02. The molecule has 1 aliphatic heterocycles. The highest BCUT2D eigenvalue weighted by Crippen LogP contribution is 2.30. The van der Waals surface area contributed by atoms with Crippen molar-refractivity contribution >= 4 is 18.4 Å². The first-order valence-corrected chi connectivity index (χ1v) is 7.44. The lowest BCUT2D eigenvalue weighted by Crippen LogP contribution is -1.91. The molecule has 0 fully saturated rings. The van der Waals surface area contributed by atoms with Crippen LogP contribution in [0.4, 0.5) is 0 Å². The van der Waals surface area contributed by atoms with E-state index in [4.69, 9.17) is 4.74 Å². The second-order valence-electron chi connectivity index (χ2n) is 5.38. The Labute approximate surface area is 134 Å². The second kappa shape index (κ2) is 5.57.